The van der Waals surface area contributed by atoms with Crippen LogP contribution in [-0.2, 0) is 0 Å². The molecule has 0 aliphatic carbocycles. The minimum atomic E-state index is 0.0414. The molecular weight excluding hydrogens is 236 g/mol. The Balaban J connectivity index is 2.31. The summed E-state index contributed by atoms with van der Waals surface area (Å²) in [6.45, 7) is 6.94. The second-order valence-corrected chi connectivity index (χ2v) is 5.57. The highest BCUT2D eigenvalue weighted by Gasteiger charge is 2.07. The first-order chi connectivity index (χ1) is 9.01. The molecule has 3 N–H and O–H groups in total. The lowest BCUT2D eigenvalue weighted by molar-refractivity contribution is 0.287. The fraction of sp³-hybridized carbons (Fsp3) is 0.500. The Kier molecular flexibility index (Phi) is 6.41. The molecule has 19 heavy (non-hydrogen) atoms. The van der Waals surface area contributed by atoms with Gasteiger partial charge < -0.3 is 4.74 Å². The van der Waals surface area contributed by atoms with Gasteiger partial charge in [0.25, 0.3) is 0 Å². The molecule has 0 radical (unpaired) electrons. The van der Waals surface area contributed by atoms with Crippen LogP contribution < -0.4 is 16.0 Å². The van der Waals surface area contributed by atoms with Crippen molar-refractivity contribution in [3.05, 3.63) is 30.3 Å². The van der Waals surface area contributed by atoms with E-state index in [0.29, 0.717) is 6.61 Å². The van der Waals surface area contributed by atoms with Crippen LogP contribution in [0.25, 0.3) is 0 Å². The summed E-state index contributed by atoms with van der Waals surface area (Å²) in [7, 11) is 0. The summed E-state index contributed by atoms with van der Waals surface area (Å²) in [6.07, 6.45) is 1.58. The first-order valence-corrected chi connectivity index (χ1v) is 6.65. The molecule has 0 spiro atoms. The van der Waals surface area contributed by atoms with Crippen molar-refractivity contribution in [3.63, 3.8) is 0 Å². The van der Waals surface area contributed by atoms with Gasteiger partial charge in [-0.05, 0) is 39.3 Å². The summed E-state index contributed by atoms with van der Waals surface area (Å²) in [5.41, 5.74) is 2.83. The van der Waals surface area contributed by atoms with Crippen molar-refractivity contribution in [1.82, 2.24) is 5.43 Å². The Morgan fingerprint density at radius 2 is 1.95 bits per heavy atom. The van der Waals surface area contributed by atoms with Crippen molar-refractivity contribution in [3.8, 4) is 17.6 Å². The van der Waals surface area contributed by atoms with Gasteiger partial charge in [-0.15, -0.1) is 5.92 Å². The van der Waals surface area contributed by atoms with E-state index in [1.807, 2.05) is 30.3 Å². The minimum absolute atomic E-state index is 0.0414. The summed E-state index contributed by atoms with van der Waals surface area (Å²) < 4.78 is 5.64. The van der Waals surface area contributed by atoms with Gasteiger partial charge in [0, 0.05) is 17.9 Å². The molecule has 0 bridgehead atoms. The SMILES string of the molecule is CC(C)(C)C#CCC(CCOc1ccccc1)NN. The Hall–Kier alpha value is -1.50. The van der Waals surface area contributed by atoms with Crippen LogP contribution in [0.2, 0.25) is 0 Å². The van der Waals surface area contributed by atoms with Crippen molar-refractivity contribution in [1.29, 1.82) is 0 Å². The molecule has 104 valence electrons. The second-order valence-electron chi connectivity index (χ2n) is 5.57. The summed E-state index contributed by atoms with van der Waals surface area (Å²) >= 11 is 0. The number of para-hydroxylation sites is 1. The Morgan fingerprint density at radius 3 is 2.53 bits per heavy atom. The fourth-order valence-corrected chi connectivity index (χ4v) is 1.52. The van der Waals surface area contributed by atoms with E-state index in [1.54, 1.807) is 0 Å². The average molecular weight is 260 g/mol. The number of hydrazine groups is 1. The molecule has 0 aromatic heterocycles. The Labute approximate surface area is 116 Å². The van der Waals surface area contributed by atoms with Crippen LogP contribution in [0.3, 0.4) is 0 Å². The van der Waals surface area contributed by atoms with E-state index in [0.717, 1.165) is 18.6 Å². The third-order valence-corrected chi connectivity index (χ3v) is 2.53. The number of ether oxygens (including phenoxy) is 1. The normalized spacial score (nSPS) is 12.4. The van der Waals surface area contributed by atoms with Gasteiger partial charge >= 0.3 is 0 Å². The lowest BCUT2D eigenvalue weighted by Crippen LogP contribution is -2.36. The Morgan fingerprint density at radius 1 is 1.26 bits per heavy atom. The zero-order chi connectivity index (χ0) is 14.1. The van der Waals surface area contributed by atoms with E-state index < -0.39 is 0 Å². The molecule has 0 fully saturated rings. The summed E-state index contributed by atoms with van der Waals surface area (Å²) in [6, 6.07) is 9.96. The molecule has 1 aromatic carbocycles. The number of benzene rings is 1. The zero-order valence-electron chi connectivity index (χ0n) is 12.1. The van der Waals surface area contributed by atoms with Crippen molar-refractivity contribution >= 4 is 0 Å². The van der Waals surface area contributed by atoms with Crippen LogP contribution >= 0.6 is 0 Å². The predicted octanol–water partition coefficient (Wildman–Crippen LogP) is 2.73. The maximum Gasteiger partial charge on any atom is 0.119 e. The Bertz CT molecular complexity index is 412. The van der Waals surface area contributed by atoms with Crippen molar-refractivity contribution < 1.29 is 4.74 Å². The van der Waals surface area contributed by atoms with Crippen LogP contribution in [0.15, 0.2) is 30.3 Å². The van der Waals surface area contributed by atoms with E-state index in [2.05, 4.69) is 38.0 Å². The van der Waals surface area contributed by atoms with Gasteiger partial charge in [-0.2, -0.15) is 0 Å². The van der Waals surface area contributed by atoms with Crippen LogP contribution in [0.5, 0.6) is 5.75 Å². The summed E-state index contributed by atoms with van der Waals surface area (Å²) in [5, 5.41) is 0. The van der Waals surface area contributed by atoms with Crippen LogP contribution in [0.1, 0.15) is 33.6 Å². The van der Waals surface area contributed by atoms with E-state index in [-0.39, 0.29) is 11.5 Å². The second kappa shape index (κ2) is 7.83. The average Bonchev–Trinajstić information content (AvgIpc) is 2.37. The topological polar surface area (TPSA) is 47.3 Å². The number of nitrogens with one attached hydrogen (secondary N) is 1. The third-order valence-electron chi connectivity index (χ3n) is 2.53. The third kappa shape index (κ3) is 7.50. The molecule has 3 nitrogen and oxygen atoms in total. The molecule has 0 heterocycles. The van der Waals surface area contributed by atoms with Gasteiger partial charge in [0.1, 0.15) is 5.75 Å². The lowest BCUT2D eigenvalue weighted by Gasteiger charge is -2.14. The maximum atomic E-state index is 5.64. The van der Waals surface area contributed by atoms with E-state index in [9.17, 15) is 0 Å². The number of nitrogens with two attached hydrogens (primary N) is 1. The molecule has 1 aromatic rings. The molecule has 1 atom stereocenters. The highest BCUT2D eigenvalue weighted by Crippen LogP contribution is 2.11. The van der Waals surface area contributed by atoms with Gasteiger partial charge in [-0.1, -0.05) is 24.1 Å². The molecule has 3 heteroatoms. The molecule has 0 amide bonds. The largest absolute Gasteiger partial charge is 0.494 e. The van der Waals surface area contributed by atoms with Crippen LogP contribution in [0.4, 0.5) is 0 Å². The van der Waals surface area contributed by atoms with Gasteiger partial charge in [-0.25, -0.2) is 0 Å². The first kappa shape index (κ1) is 15.6. The predicted molar refractivity (Wildman–Crippen MR) is 79.5 cm³/mol. The first-order valence-electron chi connectivity index (χ1n) is 6.65. The van der Waals surface area contributed by atoms with Crippen LogP contribution in [-0.4, -0.2) is 12.6 Å². The van der Waals surface area contributed by atoms with E-state index in [1.165, 1.54) is 0 Å². The van der Waals surface area contributed by atoms with Gasteiger partial charge in [0.2, 0.25) is 0 Å². The van der Waals surface area contributed by atoms with E-state index in [4.69, 9.17) is 10.6 Å². The van der Waals surface area contributed by atoms with Gasteiger partial charge in [0.15, 0.2) is 0 Å². The maximum absolute atomic E-state index is 5.64. The monoisotopic (exact) mass is 260 g/mol. The summed E-state index contributed by atoms with van der Waals surface area (Å²) in [4.78, 5) is 0. The molecule has 0 aliphatic rings. The minimum Gasteiger partial charge on any atom is -0.494 e. The highest BCUT2D eigenvalue weighted by atomic mass is 16.5. The van der Waals surface area contributed by atoms with Gasteiger partial charge in [0.05, 0.1) is 6.61 Å². The standard InChI is InChI=1S/C16H24N2O/c1-16(2,3)12-7-8-14(18-17)11-13-19-15-9-5-4-6-10-15/h4-6,9-10,14,18H,8,11,13,17H2,1-3H3. The number of rotatable bonds is 6. The zero-order valence-corrected chi connectivity index (χ0v) is 12.1. The van der Waals surface area contributed by atoms with Crippen molar-refractivity contribution in [2.24, 2.45) is 11.3 Å². The quantitative estimate of drug-likeness (QED) is 0.470. The smallest absolute Gasteiger partial charge is 0.119 e. The molecule has 0 saturated carbocycles. The van der Waals surface area contributed by atoms with Gasteiger partial charge in [-0.3, -0.25) is 11.3 Å². The van der Waals surface area contributed by atoms with Crippen molar-refractivity contribution in [2.75, 3.05) is 6.61 Å². The molecular formula is C16H24N2O. The summed E-state index contributed by atoms with van der Waals surface area (Å²) in [5.74, 6) is 12.8. The molecule has 1 unspecified atom stereocenters. The number of hydrogen-bond acceptors (Lipinski definition) is 3. The fourth-order valence-electron chi connectivity index (χ4n) is 1.52. The lowest BCUT2D eigenvalue weighted by atomic mass is 9.97. The highest BCUT2D eigenvalue weighted by molar-refractivity contribution is 5.20. The van der Waals surface area contributed by atoms with Crippen LogP contribution in [0, 0.1) is 17.3 Å². The van der Waals surface area contributed by atoms with Crippen molar-refractivity contribution in [2.45, 2.75) is 39.7 Å². The molecule has 0 saturated heterocycles. The molecule has 0 aliphatic heterocycles. The number of hydrogen-bond donors (Lipinski definition) is 2. The molecule has 1 rings (SSSR count). The van der Waals surface area contributed by atoms with E-state index >= 15 is 0 Å².